The molecule has 6 nitrogen and oxygen atoms in total. The summed E-state index contributed by atoms with van der Waals surface area (Å²) >= 11 is 0. The third kappa shape index (κ3) is 2.61. The third-order valence-electron chi connectivity index (χ3n) is 3.37. The molecule has 1 aliphatic rings. The van der Waals surface area contributed by atoms with E-state index in [1.165, 1.54) is 0 Å². The molecule has 1 aromatic heterocycles. The van der Waals surface area contributed by atoms with Gasteiger partial charge in [-0.25, -0.2) is 13.1 Å². The second kappa shape index (κ2) is 5.07. The summed E-state index contributed by atoms with van der Waals surface area (Å²) in [6, 6.07) is 6.65. The summed E-state index contributed by atoms with van der Waals surface area (Å²) in [6.07, 6.45) is 2.32. The van der Waals surface area contributed by atoms with Gasteiger partial charge >= 0.3 is 0 Å². The summed E-state index contributed by atoms with van der Waals surface area (Å²) in [5.74, 6) is 1.22. The molecule has 2 heterocycles. The van der Waals surface area contributed by atoms with Crippen molar-refractivity contribution in [3.8, 4) is 5.75 Å². The Morgan fingerprint density at radius 1 is 1.33 bits per heavy atom. The van der Waals surface area contributed by atoms with Gasteiger partial charge in [-0.1, -0.05) is 0 Å². The minimum absolute atomic E-state index is 0.0751. The molecule has 0 radical (unpaired) electrons. The fraction of sp³-hybridized carbons (Fsp3) is 0.357. The number of sulfonamides is 1. The van der Waals surface area contributed by atoms with E-state index in [1.54, 1.807) is 35.1 Å². The van der Waals surface area contributed by atoms with E-state index in [1.807, 2.05) is 13.8 Å². The standard InChI is InChI=1S/C14H17N3O3S/c1-10(2)17-14(5-7-15-17)16-21(18,19)12-3-4-13-11(9-12)6-8-20-13/h3-5,7,9-10,16H,6,8H2,1-2H3. The number of fused-ring (bicyclic) bond motifs is 1. The molecule has 0 fully saturated rings. The number of benzene rings is 1. The fourth-order valence-electron chi connectivity index (χ4n) is 2.33. The van der Waals surface area contributed by atoms with Crippen LogP contribution in [0.3, 0.4) is 0 Å². The van der Waals surface area contributed by atoms with Crippen LogP contribution >= 0.6 is 0 Å². The first-order chi connectivity index (χ1) is 9.97. The highest BCUT2D eigenvalue weighted by Crippen LogP contribution is 2.28. The second-order valence-corrected chi connectivity index (χ2v) is 6.91. The molecule has 1 N–H and O–H groups in total. The van der Waals surface area contributed by atoms with Gasteiger partial charge in [-0.15, -0.1) is 0 Å². The normalized spacial score (nSPS) is 14.0. The Hall–Kier alpha value is -2.02. The molecule has 0 unspecified atom stereocenters. The Kier molecular flexibility index (Phi) is 3.36. The molecule has 2 aromatic rings. The SMILES string of the molecule is CC(C)n1nccc1NS(=O)(=O)c1ccc2c(c1)CCO2. The lowest BCUT2D eigenvalue weighted by molar-refractivity contribution is 0.356. The molecule has 0 aliphatic carbocycles. The Balaban J connectivity index is 1.92. The molecular formula is C14H17N3O3S. The zero-order valence-corrected chi connectivity index (χ0v) is 12.7. The number of nitrogens with one attached hydrogen (secondary N) is 1. The Morgan fingerprint density at radius 3 is 2.90 bits per heavy atom. The summed E-state index contributed by atoms with van der Waals surface area (Å²) in [7, 11) is -3.63. The highest BCUT2D eigenvalue weighted by Gasteiger charge is 2.21. The summed E-state index contributed by atoms with van der Waals surface area (Å²) in [6.45, 7) is 4.49. The summed E-state index contributed by atoms with van der Waals surface area (Å²) in [4.78, 5) is 0.239. The molecule has 1 aromatic carbocycles. The fourth-order valence-corrected chi connectivity index (χ4v) is 3.43. The van der Waals surface area contributed by atoms with Crippen LogP contribution in [0.25, 0.3) is 0 Å². The summed E-state index contributed by atoms with van der Waals surface area (Å²) in [5.41, 5.74) is 0.926. The van der Waals surface area contributed by atoms with Gasteiger partial charge in [-0.05, 0) is 37.6 Å². The van der Waals surface area contributed by atoms with Crippen LogP contribution in [0.5, 0.6) is 5.75 Å². The van der Waals surface area contributed by atoms with Gasteiger partial charge in [0.2, 0.25) is 0 Å². The maximum atomic E-state index is 12.5. The van der Waals surface area contributed by atoms with Crippen LogP contribution in [0.15, 0.2) is 35.4 Å². The van der Waals surface area contributed by atoms with Gasteiger partial charge in [-0.2, -0.15) is 5.10 Å². The quantitative estimate of drug-likeness (QED) is 0.940. The van der Waals surface area contributed by atoms with Gasteiger partial charge in [-0.3, -0.25) is 4.72 Å². The van der Waals surface area contributed by atoms with E-state index in [2.05, 4.69) is 9.82 Å². The van der Waals surface area contributed by atoms with Crippen molar-refractivity contribution in [1.82, 2.24) is 9.78 Å². The van der Waals surface area contributed by atoms with Gasteiger partial charge in [0.1, 0.15) is 11.6 Å². The van der Waals surface area contributed by atoms with E-state index in [9.17, 15) is 8.42 Å². The van der Waals surface area contributed by atoms with E-state index >= 15 is 0 Å². The smallest absolute Gasteiger partial charge is 0.263 e. The molecule has 0 saturated carbocycles. The molecule has 7 heteroatoms. The van der Waals surface area contributed by atoms with Crippen molar-refractivity contribution in [2.24, 2.45) is 0 Å². The molecule has 0 saturated heterocycles. The Morgan fingerprint density at radius 2 is 2.14 bits per heavy atom. The lowest BCUT2D eigenvalue weighted by Crippen LogP contribution is -2.17. The van der Waals surface area contributed by atoms with Crippen molar-refractivity contribution in [2.75, 3.05) is 11.3 Å². The van der Waals surface area contributed by atoms with Gasteiger partial charge in [0.25, 0.3) is 10.0 Å². The number of aromatic nitrogens is 2. The van der Waals surface area contributed by atoms with Crippen molar-refractivity contribution in [1.29, 1.82) is 0 Å². The van der Waals surface area contributed by atoms with Gasteiger partial charge in [0, 0.05) is 18.5 Å². The van der Waals surface area contributed by atoms with Crippen molar-refractivity contribution in [3.05, 3.63) is 36.0 Å². The van der Waals surface area contributed by atoms with Crippen LogP contribution in [-0.4, -0.2) is 24.8 Å². The van der Waals surface area contributed by atoms with E-state index in [4.69, 9.17) is 4.74 Å². The van der Waals surface area contributed by atoms with Gasteiger partial charge < -0.3 is 4.74 Å². The Labute approximate surface area is 123 Å². The highest BCUT2D eigenvalue weighted by atomic mass is 32.2. The van der Waals surface area contributed by atoms with Gasteiger partial charge in [0.15, 0.2) is 0 Å². The maximum Gasteiger partial charge on any atom is 0.263 e. The lowest BCUT2D eigenvalue weighted by atomic mass is 10.2. The van der Waals surface area contributed by atoms with E-state index in [0.717, 1.165) is 17.7 Å². The Bertz CT molecular complexity index is 766. The topological polar surface area (TPSA) is 73.2 Å². The maximum absolute atomic E-state index is 12.5. The van der Waals surface area contributed by atoms with E-state index < -0.39 is 10.0 Å². The minimum atomic E-state index is -3.63. The first kappa shape index (κ1) is 13.9. The van der Waals surface area contributed by atoms with Crippen LogP contribution in [0, 0.1) is 0 Å². The molecule has 0 amide bonds. The molecule has 0 atom stereocenters. The van der Waals surface area contributed by atoms with Crippen molar-refractivity contribution in [3.63, 3.8) is 0 Å². The highest BCUT2D eigenvalue weighted by molar-refractivity contribution is 7.92. The van der Waals surface area contributed by atoms with E-state index in [-0.39, 0.29) is 10.9 Å². The van der Waals surface area contributed by atoms with Crippen molar-refractivity contribution >= 4 is 15.8 Å². The van der Waals surface area contributed by atoms with Crippen LogP contribution in [-0.2, 0) is 16.4 Å². The summed E-state index contributed by atoms with van der Waals surface area (Å²) in [5, 5.41) is 4.12. The number of nitrogens with zero attached hydrogens (tertiary/aromatic N) is 2. The number of anilines is 1. The number of rotatable bonds is 4. The van der Waals surface area contributed by atoms with Crippen molar-refractivity contribution in [2.45, 2.75) is 31.2 Å². The molecule has 3 rings (SSSR count). The molecule has 112 valence electrons. The van der Waals surface area contributed by atoms with Gasteiger partial charge in [0.05, 0.1) is 17.7 Å². The zero-order chi connectivity index (χ0) is 15.0. The first-order valence-corrected chi connectivity index (χ1v) is 8.28. The predicted molar refractivity (Wildman–Crippen MR) is 79.1 cm³/mol. The zero-order valence-electron chi connectivity index (χ0n) is 11.9. The molecular weight excluding hydrogens is 290 g/mol. The average Bonchev–Trinajstić information content (AvgIpc) is 3.05. The van der Waals surface area contributed by atoms with Crippen LogP contribution in [0.4, 0.5) is 5.82 Å². The predicted octanol–water partition coefficient (Wildman–Crippen LogP) is 2.20. The third-order valence-corrected chi connectivity index (χ3v) is 4.72. The van der Waals surface area contributed by atoms with Crippen LogP contribution in [0.1, 0.15) is 25.5 Å². The van der Waals surface area contributed by atoms with E-state index in [0.29, 0.717) is 12.4 Å². The molecule has 21 heavy (non-hydrogen) atoms. The second-order valence-electron chi connectivity index (χ2n) is 5.23. The number of ether oxygens (including phenoxy) is 1. The largest absolute Gasteiger partial charge is 0.493 e. The van der Waals surface area contributed by atoms with Crippen LogP contribution < -0.4 is 9.46 Å². The molecule has 0 bridgehead atoms. The average molecular weight is 307 g/mol. The first-order valence-electron chi connectivity index (χ1n) is 6.79. The number of hydrogen-bond donors (Lipinski definition) is 1. The number of hydrogen-bond acceptors (Lipinski definition) is 4. The van der Waals surface area contributed by atoms with Crippen molar-refractivity contribution < 1.29 is 13.2 Å². The summed E-state index contributed by atoms with van der Waals surface area (Å²) < 4.78 is 34.6. The lowest BCUT2D eigenvalue weighted by Gasteiger charge is -2.13. The van der Waals surface area contributed by atoms with Crippen LogP contribution in [0.2, 0.25) is 0 Å². The molecule has 1 aliphatic heterocycles. The molecule has 0 spiro atoms. The minimum Gasteiger partial charge on any atom is -0.493 e. The monoisotopic (exact) mass is 307 g/mol.